The molecule has 0 fully saturated rings. The summed E-state index contributed by atoms with van der Waals surface area (Å²) in [6, 6.07) is 1.60. The van der Waals surface area contributed by atoms with Crippen LogP contribution in [0.5, 0.6) is 0 Å². The number of aryl methyl sites for hydroxylation is 2. The molecule has 4 heteroatoms. The van der Waals surface area contributed by atoms with Gasteiger partial charge in [-0.3, -0.25) is 4.79 Å². The first-order valence-corrected chi connectivity index (χ1v) is 5.02. The Balaban J connectivity index is 2.62. The minimum absolute atomic E-state index is 0.0147. The predicted molar refractivity (Wildman–Crippen MR) is 56.3 cm³/mol. The molecule has 0 bridgehead atoms. The molecule has 0 N–H and O–H groups in total. The fourth-order valence-corrected chi connectivity index (χ4v) is 1.29. The quantitative estimate of drug-likeness (QED) is 0.584. The highest BCUT2D eigenvalue weighted by atomic mass is 32.1. The van der Waals surface area contributed by atoms with Gasteiger partial charge in [-0.05, 0) is 31.1 Å². The molecule has 0 amide bonds. The molecule has 0 saturated carbocycles. The van der Waals surface area contributed by atoms with Gasteiger partial charge in [0, 0.05) is 12.6 Å². The monoisotopic (exact) mass is 198 g/mol. The molecular formula is C9H14N2OS. The molecule has 1 rings (SSSR count). The average Bonchev–Trinajstić information content (AvgIpc) is 2.09. The van der Waals surface area contributed by atoms with E-state index in [1.807, 2.05) is 6.92 Å². The van der Waals surface area contributed by atoms with Crippen LogP contribution in [-0.4, -0.2) is 15.5 Å². The highest BCUT2D eigenvalue weighted by Crippen LogP contribution is 1.94. The summed E-state index contributed by atoms with van der Waals surface area (Å²) in [5.74, 6) is 0.862. The Morgan fingerprint density at radius 1 is 1.54 bits per heavy atom. The Morgan fingerprint density at radius 2 is 2.31 bits per heavy atom. The van der Waals surface area contributed by atoms with Crippen molar-refractivity contribution in [2.45, 2.75) is 26.3 Å². The Bertz CT molecular complexity index is 322. The van der Waals surface area contributed by atoms with Gasteiger partial charge in [-0.25, -0.2) is 4.68 Å². The molecule has 72 valence electrons. The maximum atomic E-state index is 11.3. The van der Waals surface area contributed by atoms with Crippen LogP contribution in [0.4, 0.5) is 0 Å². The summed E-state index contributed by atoms with van der Waals surface area (Å²) in [6.45, 7) is 2.56. The summed E-state index contributed by atoms with van der Waals surface area (Å²) in [5, 5.41) is 4.03. The highest BCUT2D eigenvalue weighted by molar-refractivity contribution is 7.80. The first kappa shape index (κ1) is 10.3. The first-order chi connectivity index (χ1) is 6.24. The molecule has 0 atom stereocenters. The number of hydrogen-bond acceptors (Lipinski definition) is 3. The Hall–Kier alpha value is -0.770. The van der Waals surface area contributed by atoms with Crippen LogP contribution in [0, 0.1) is 6.92 Å². The molecule has 1 aromatic heterocycles. The second-order valence-corrected chi connectivity index (χ2v) is 3.47. The van der Waals surface area contributed by atoms with Crippen molar-refractivity contribution in [3.05, 3.63) is 28.2 Å². The largest absolute Gasteiger partial charge is 0.268 e. The van der Waals surface area contributed by atoms with Crippen LogP contribution in [-0.2, 0) is 6.54 Å². The van der Waals surface area contributed by atoms with Gasteiger partial charge in [-0.2, -0.15) is 17.7 Å². The van der Waals surface area contributed by atoms with E-state index in [1.165, 1.54) is 4.68 Å². The SMILES string of the molecule is Cc1cnn(CCCCS)c(=O)c1. The van der Waals surface area contributed by atoms with E-state index >= 15 is 0 Å². The molecule has 3 nitrogen and oxygen atoms in total. The van der Waals surface area contributed by atoms with Crippen molar-refractivity contribution in [2.75, 3.05) is 5.75 Å². The minimum Gasteiger partial charge on any atom is -0.268 e. The molecule has 0 spiro atoms. The number of aromatic nitrogens is 2. The third kappa shape index (κ3) is 3.22. The molecule has 1 aromatic rings. The van der Waals surface area contributed by atoms with Gasteiger partial charge in [-0.15, -0.1) is 0 Å². The zero-order valence-electron chi connectivity index (χ0n) is 7.73. The second-order valence-electron chi connectivity index (χ2n) is 3.03. The standard InChI is InChI=1S/C9H14N2OS/c1-8-6-9(12)11(10-7-8)4-2-3-5-13/h6-7,13H,2-5H2,1H3. The number of unbranched alkanes of at least 4 members (excludes halogenated alkanes) is 1. The smallest absolute Gasteiger partial charge is 0.266 e. The van der Waals surface area contributed by atoms with Crippen molar-refractivity contribution in [1.29, 1.82) is 0 Å². The second kappa shape index (κ2) is 5.07. The third-order valence-electron chi connectivity index (χ3n) is 1.78. The number of rotatable bonds is 4. The van der Waals surface area contributed by atoms with E-state index in [-0.39, 0.29) is 5.56 Å². The van der Waals surface area contributed by atoms with E-state index in [9.17, 15) is 4.79 Å². The zero-order valence-corrected chi connectivity index (χ0v) is 8.63. The van der Waals surface area contributed by atoms with Crippen LogP contribution in [0.2, 0.25) is 0 Å². The van der Waals surface area contributed by atoms with Crippen LogP contribution >= 0.6 is 12.6 Å². The minimum atomic E-state index is -0.0147. The summed E-state index contributed by atoms with van der Waals surface area (Å²) in [5.41, 5.74) is 0.898. The molecule has 0 saturated heterocycles. The highest BCUT2D eigenvalue weighted by Gasteiger charge is 1.96. The molecule has 0 aliphatic rings. The van der Waals surface area contributed by atoms with Gasteiger partial charge in [-0.1, -0.05) is 0 Å². The van der Waals surface area contributed by atoms with Crippen molar-refractivity contribution in [3.8, 4) is 0 Å². The van der Waals surface area contributed by atoms with E-state index in [0.29, 0.717) is 6.54 Å². The summed E-state index contributed by atoms with van der Waals surface area (Å²) < 4.78 is 1.50. The topological polar surface area (TPSA) is 34.9 Å². The van der Waals surface area contributed by atoms with E-state index in [0.717, 1.165) is 24.2 Å². The van der Waals surface area contributed by atoms with Crippen LogP contribution in [0.15, 0.2) is 17.1 Å². The molecule has 0 aliphatic heterocycles. The normalized spacial score (nSPS) is 10.3. The van der Waals surface area contributed by atoms with Crippen molar-refractivity contribution in [2.24, 2.45) is 0 Å². The molecule has 0 aromatic carbocycles. The summed E-state index contributed by atoms with van der Waals surface area (Å²) >= 11 is 4.10. The van der Waals surface area contributed by atoms with E-state index in [4.69, 9.17) is 0 Å². The van der Waals surface area contributed by atoms with Gasteiger partial charge in [0.05, 0.1) is 6.20 Å². The van der Waals surface area contributed by atoms with Gasteiger partial charge < -0.3 is 0 Å². The molecule has 0 unspecified atom stereocenters. The van der Waals surface area contributed by atoms with Crippen molar-refractivity contribution < 1.29 is 0 Å². The zero-order chi connectivity index (χ0) is 9.68. The van der Waals surface area contributed by atoms with Crippen molar-refractivity contribution >= 4 is 12.6 Å². The summed E-state index contributed by atoms with van der Waals surface area (Å²) in [4.78, 5) is 11.3. The third-order valence-corrected chi connectivity index (χ3v) is 2.10. The lowest BCUT2D eigenvalue weighted by atomic mass is 10.3. The van der Waals surface area contributed by atoms with Gasteiger partial charge in [0.15, 0.2) is 0 Å². The lowest BCUT2D eigenvalue weighted by molar-refractivity contribution is 0.543. The van der Waals surface area contributed by atoms with Crippen LogP contribution in [0.1, 0.15) is 18.4 Å². The lowest BCUT2D eigenvalue weighted by Gasteiger charge is -2.02. The molecule has 0 radical (unpaired) electrons. The van der Waals surface area contributed by atoms with E-state index < -0.39 is 0 Å². The van der Waals surface area contributed by atoms with Crippen LogP contribution < -0.4 is 5.56 Å². The molecule has 13 heavy (non-hydrogen) atoms. The molecule has 0 aliphatic carbocycles. The van der Waals surface area contributed by atoms with Gasteiger partial charge in [0.1, 0.15) is 0 Å². The Kier molecular flexibility index (Phi) is 4.02. The fourth-order valence-electron chi connectivity index (χ4n) is 1.07. The summed E-state index contributed by atoms with van der Waals surface area (Å²) in [6.07, 6.45) is 3.69. The maximum absolute atomic E-state index is 11.3. The Morgan fingerprint density at radius 3 is 2.92 bits per heavy atom. The van der Waals surface area contributed by atoms with Crippen LogP contribution in [0.25, 0.3) is 0 Å². The fraction of sp³-hybridized carbons (Fsp3) is 0.556. The van der Waals surface area contributed by atoms with E-state index in [1.54, 1.807) is 12.3 Å². The van der Waals surface area contributed by atoms with Gasteiger partial charge in [0.2, 0.25) is 0 Å². The predicted octanol–water partition coefficient (Wildman–Crippen LogP) is 1.26. The van der Waals surface area contributed by atoms with Crippen LogP contribution in [0.3, 0.4) is 0 Å². The molecular weight excluding hydrogens is 184 g/mol. The number of nitrogens with zero attached hydrogens (tertiary/aromatic N) is 2. The van der Waals surface area contributed by atoms with Crippen molar-refractivity contribution in [3.63, 3.8) is 0 Å². The van der Waals surface area contributed by atoms with E-state index in [2.05, 4.69) is 17.7 Å². The van der Waals surface area contributed by atoms with Gasteiger partial charge >= 0.3 is 0 Å². The summed E-state index contributed by atoms with van der Waals surface area (Å²) in [7, 11) is 0. The van der Waals surface area contributed by atoms with Crippen molar-refractivity contribution in [1.82, 2.24) is 9.78 Å². The maximum Gasteiger partial charge on any atom is 0.266 e. The Labute approximate surface area is 83.2 Å². The lowest BCUT2D eigenvalue weighted by Crippen LogP contribution is -2.22. The molecule has 1 heterocycles. The van der Waals surface area contributed by atoms with Gasteiger partial charge in [0.25, 0.3) is 5.56 Å². The first-order valence-electron chi connectivity index (χ1n) is 4.38. The number of thiol groups is 1. The number of hydrogen-bond donors (Lipinski definition) is 1. The average molecular weight is 198 g/mol.